The predicted octanol–water partition coefficient (Wildman–Crippen LogP) is 0.207. The van der Waals surface area contributed by atoms with E-state index in [1.54, 1.807) is 4.90 Å². The van der Waals surface area contributed by atoms with E-state index in [2.05, 4.69) is 10.6 Å². The third-order valence-corrected chi connectivity index (χ3v) is 3.32. The molecule has 0 aliphatic carbocycles. The van der Waals surface area contributed by atoms with Crippen LogP contribution < -0.4 is 10.6 Å². The summed E-state index contributed by atoms with van der Waals surface area (Å²) in [7, 11) is 3.65. The average Bonchev–Trinajstić information content (AvgIpc) is 2.21. The summed E-state index contributed by atoms with van der Waals surface area (Å²) in [6, 6.07) is 0.0788. The average molecular weight is 277 g/mol. The molecule has 0 rings (SSSR count). The largest absolute Gasteiger partial charge is 0.364 e. The van der Waals surface area contributed by atoms with E-state index in [1.807, 2.05) is 27.9 Å². The zero-order chi connectivity index (χ0) is 13.4. The number of hydrogen-bond donors (Lipinski definition) is 2. The molecule has 0 heterocycles. The van der Waals surface area contributed by atoms with Crippen molar-refractivity contribution in [2.75, 3.05) is 26.4 Å². The van der Waals surface area contributed by atoms with Crippen molar-refractivity contribution < 1.29 is 9.59 Å². The normalized spacial score (nSPS) is 9.94. The zero-order valence-electron chi connectivity index (χ0n) is 10.6. The third-order valence-electron chi connectivity index (χ3n) is 1.59. The van der Waals surface area contributed by atoms with Crippen LogP contribution >= 0.6 is 24.0 Å². The van der Waals surface area contributed by atoms with E-state index in [9.17, 15) is 9.59 Å². The van der Waals surface area contributed by atoms with Crippen LogP contribution in [0.15, 0.2) is 0 Å². The minimum absolute atomic E-state index is 0.00625. The lowest BCUT2D eigenvalue weighted by Crippen LogP contribution is -2.40. The topological polar surface area (TPSA) is 61.4 Å². The number of hydrogen-bond acceptors (Lipinski definition) is 4. The number of nitrogens with zero attached hydrogens (tertiary/aromatic N) is 1. The molecule has 0 saturated carbocycles. The highest BCUT2D eigenvalue weighted by molar-refractivity contribution is 8.23. The van der Waals surface area contributed by atoms with Gasteiger partial charge >= 0.3 is 0 Å². The van der Waals surface area contributed by atoms with Crippen LogP contribution in [0.1, 0.15) is 13.8 Å². The van der Waals surface area contributed by atoms with Gasteiger partial charge in [0.05, 0.1) is 12.3 Å². The SMILES string of the molecule is CC(C)NC(=O)CNC(=O)CSC(=S)N(C)C. The van der Waals surface area contributed by atoms with E-state index in [0.717, 1.165) is 0 Å². The van der Waals surface area contributed by atoms with Gasteiger partial charge in [-0.1, -0.05) is 24.0 Å². The van der Waals surface area contributed by atoms with E-state index in [1.165, 1.54) is 11.8 Å². The summed E-state index contributed by atoms with van der Waals surface area (Å²) in [4.78, 5) is 24.4. The highest BCUT2D eigenvalue weighted by Crippen LogP contribution is 2.05. The van der Waals surface area contributed by atoms with Gasteiger partial charge in [0.25, 0.3) is 0 Å². The van der Waals surface area contributed by atoms with Gasteiger partial charge in [0.1, 0.15) is 4.32 Å². The summed E-state index contributed by atoms with van der Waals surface area (Å²) in [5.41, 5.74) is 0. The van der Waals surface area contributed by atoms with Crippen LogP contribution in [0.5, 0.6) is 0 Å². The number of amides is 2. The highest BCUT2D eigenvalue weighted by atomic mass is 32.2. The minimum Gasteiger partial charge on any atom is -0.364 e. The Balaban J connectivity index is 3.74. The molecule has 2 amide bonds. The fourth-order valence-electron chi connectivity index (χ4n) is 0.859. The Morgan fingerprint density at radius 3 is 2.35 bits per heavy atom. The van der Waals surface area contributed by atoms with Crippen LogP contribution in [-0.2, 0) is 9.59 Å². The van der Waals surface area contributed by atoms with Crippen molar-refractivity contribution in [2.24, 2.45) is 0 Å². The van der Waals surface area contributed by atoms with E-state index >= 15 is 0 Å². The number of carbonyl (C=O) groups is 2. The van der Waals surface area contributed by atoms with Crippen LogP contribution in [0.4, 0.5) is 0 Å². The second kappa shape index (κ2) is 8.30. The maximum atomic E-state index is 11.4. The molecule has 17 heavy (non-hydrogen) atoms. The second-order valence-electron chi connectivity index (χ2n) is 3.95. The third kappa shape index (κ3) is 8.93. The molecule has 7 heteroatoms. The first-order chi connectivity index (χ1) is 7.82. The van der Waals surface area contributed by atoms with Gasteiger partial charge in [0, 0.05) is 20.1 Å². The summed E-state index contributed by atoms with van der Waals surface area (Å²) in [6.07, 6.45) is 0. The zero-order valence-corrected chi connectivity index (χ0v) is 12.2. The van der Waals surface area contributed by atoms with Gasteiger partial charge in [-0.3, -0.25) is 9.59 Å². The van der Waals surface area contributed by atoms with Crippen molar-refractivity contribution in [2.45, 2.75) is 19.9 Å². The lowest BCUT2D eigenvalue weighted by atomic mass is 10.4. The molecule has 0 atom stereocenters. The molecule has 98 valence electrons. The molecule has 5 nitrogen and oxygen atoms in total. The molecule has 0 fully saturated rings. The van der Waals surface area contributed by atoms with Crippen molar-refractivity contribution in [1.82, 2.24) is 15.5 Å². The first kappa shape index (κ1) is 16.2. The Kier molecular flexibility index (Phi) is 7.90. The van der Waals surface area contributed by atoms with E-state index in [-0.39, 0.29) is 30.2 Å². The van der Waals surface area contributed by atoms with Crippen LogP contribution in [-0.4, -0.2) is 53.5 Å². The summed E-state index contributed by atoms with van der Waals surface area (Å²) in [6.45, 7) is 3.74. The Hall–Kier alpha value is -0.820. The van der Waals surface area contributed by atoms with Crippen LogP contribution in [0, 0.1) is 0 Å². The molecular formula is C10H19N3O2S2. The quantitative estimate of drug-likeness (QED) is 0.703. The fourth-order valence-corrected chi connectivity index (χ4v) is 1.65. The fraction of sp³-hybridized carbons (Fsp3) is 0.700. The Bertz CT molecular complexity index is 293. The van der Waals surface area contributed by atoms with E-state index in [0.29, 0.717) is 4.32 Å². The van der Waals surface area contributed by atoms with Crippen molar-refractivity contribution in [1.29, 1.82) is 0 Å². The lowest BCUT2D eigenvalue weighted by Gasteiger charge is -2.12. The van der Waals surface area contributed by atoms with Crippen LogP contribution in [0.3, 0.4) is 0 Å². The Labute approximate surface area is 112 Å². The Morgan fingerprint density at radius 2 is 1.88 bits per heavy atom. The standard InChI is InChI=1S/C10H19N3O2S2/c1-7(2)12-8(14)5-11-9(15)6-17-10(16)13(3)4/h7H,5-6H2,1-4H3,(H,11,15)(H,12,14). The molecule has 0 bridgehead atoms. The van der Waals surface area contributed by atoms with E-state index in [4.69, 9.17) is 12.2 Å². The molecule has 0 aromatic heterocycles. The van der Waals surface area contributed by atoms with Crippen LogP contribution in [0.25, 0.3) is 0 Å². The molecule has 2 N–H and O–H groups in total. The number of carbonyl (C=O) groups excluding carboxylic acids is 2. The smallest absolute Gasteiger partial charge is 0.239 e. The molecule has 0 unspecified atom stereocenters. The number of thiocarbonyl (C=S) groups is 1. The van der Waals surface area contributed by atoms with Gasteiger partial charge in [-0.25, -0.2) is 0 Å². The number of rotatable bonds is 5. The minimum atomic E-state index is -0.196. The van der Waals surface area contributed by atoms with Crippen molar-refractivity contribution in [3.8, 4) is 0 Å². The number of nitrogens with one attached hydrogen (secondary N) is 2. The first-order valence-electron chi connectivity index (χ1n) is 5.23. The van der Waals surface area contributed by atoms with Gasteiger partial charge in [-0.2, -0.15) is 0 Å². The molecule has 0 aromatic rings. The van der Waals surface area contributed by atoms with E-state index < -0.39 is 0 Å². The predicted molar refractivity (Wildman–Crippen MR) is 75.0 cm³/mol. The monoisotopic (exact) mass is 277 g/mol. The molecule has 0 saturated heterocycles. The Morgan fingerprint density at radius 1 is 1.29 bits per heavy atom. The number of thioether (sulfide) groups is 1. The van der Waals surface area contributed by atoms with Gasteiger partial charge in [0.2, 0.25) is 11.8 Å². The summed E-state index contributed by atoms with van der Waals surface area (Å²) >= 11 is 6.29. The summed E-state index contributed by atoms with van der Waals surface area (Å²) in [5.74, 6) is -0.155. The van der Waals surface area contributed by atoms with Gasteiger partial charge < -0.3 is 15.5 Å². The lowest BCUT2D eigenvalue weighted by molar-refractivity contribution is -0.125. The maximum absolute atomic E-state index is 11.4. The summed E-state index contributed by atoms with van der Waals surface area (Å²) in [5, 5.41) is 5.22. The van der Waals surface area contributed by atoms with Gasteiger partial charge in [-0.05, 0) is 13.8 Å². The van der Waals surface area contributed by atoms with Crippen molar-refractivity contribution in [3.63, 3.8) is 0 Å². The molecule has 0 spiro atoms. The first-order valence-corrected chi connectivity index (χ1v) is 6.62. The summed E-state index contributed by atoms with van der Waals surface area (Å²) < 4.78 is 0.645. The maximum Gasteiger partial charge on any atom is 0.239 e. The van der Waals surface area contributed by atoms with Crippen molar-refractivity contribution >= 4 is 40.1 Å². The van der Waals surface area contributed by atoms with Crippen molar-refractivity contribution in [3.05, 3.63) is 0 Å². The highest BCUT2D eigenvalue weighted by Gasteiger charge is 2.08. The van der Waals surface area contributed by atoms with Gasteiger partial charge in [0.15, 0.2) is 0 Å². The molecule has 0 radical (unpaired) electrons. The molecule has 0 aromatic carbocycles. The van der Waals surface area contributed by atoms with Gasteiger partial charge in [-0.15, -0.1) is 0 Å². The molecule has 0 aliphatic rings. The van der Waals surface area contributed by atoms with Crippen LogP contribution in [0.2, 0.25) is 0 Å². The molecule has 0 aliphatic heterocycles. The second-order valence-corrected chi connectivity index (χ2v) is 5.56. The molecular weight excluding hydrogens is 258 g/mol.